The van der Waals surface area contributed by atoms with Crippen LogP contribution in [0, 0.1) is 6.92 Å². The number of aromatic nitrogens is 4. The van der Waals surface area contributed by atoms with Gasteiger partial charge in [-0.2, -0.15) is 18.7 Å². The Labute approximate surface area is 200 Å². The molecule has 0 aliphatic carbocycles. The zero-order valence-electron chi connectivity index (χ0n) is 16.6. The highest BCUT2D eigenvalue weighted by Crippen LogP contribution is 2.26. The van der Waals surface area contributed by atoms with Gasteiger partial charge in [0.1, 0.15) is 0 Å². The van der Waals surface area contributed by atoms with Crippen molar-refractivity contribution in [1.29, 1.82) is 0 Å². The summed E-state index contributed by atoms with van der Waals surface area (Å²) in [5, 5.41) is -0.0477. The summed E-state index contributed by atoms with van der Waals surface area (Å²) in [7, 11) is -4.04. The zero-order valence-corrected chi connectivity index (χ0v) is 19.8. The van der Waals surface area contributed by atoms with Gasteiger partial charge in [0.05, 0.1) is 4.90 Å². The van der Waals surface area contributed by atoms with Gasteiger partial charge in [-0.25, -0.2) is 13.2 Å². The number of carbonyl (C=O) groups excluding carboxylic acids is 2. The van der Waals surface area contributed by atoms with Crippen LogP contribution in [0.3, 0.4) is 0 Å². The molecule has 0 radical (unpaired) electrons. The number of ether oxygens (including phenoxy) is 1. The largest absolute Gasteiger partial charge is 0.390 e. The Bertz CT molecular complexity index is 1450. The molecule has 33 heavy (non-hydrogen) atoms. The summed E-state index contributed by atoms with van der Waals surface area (Å²) in [6.45, 7) is 1.55. The molecule has 2 aromatic heterocycles. The van der Waals surface area contributed by atoms with Gasteiger partial charge in [0, 0.05) is 33.7 Å². The van der Waals surface area contributed by atoms with Crippen LogP contribution in [0.5, 0.6) is 5.19 Å². The van der Waals surface area contributed by atoms with Gasteiger partial charge in [0.25, 0.3) is 10.0 Å². The third kappa shape index (κ3) is 5.06. The molecule has 0 spiro atoms. The number of ketones is 1. The highest BCUT2D eigenvalue weighted by Gasteiger charge is 2.27. The smallest absolute Gasteiger partial charge is 0.390 e. The lowest BCUT2D eigenvalue weighted by Crippen LogP contribution is -2.22. The average Bonchev–Trinajstić information content (AvgIpc) is 3.45. The normalized spacial score (nSPS) is 11.2. The quantitative estimate of drug-likeness (QED) is 0.219. The first-order valence-electron chi connectivity index (χ1n) is 9.02. The molecule has 0 saturated carbocycles. The van der Waals surface area contributed by atoms with Crippen molar-refractivity contribution < 1.29 is 22.7 Å². The number of anilines is 1. The maximum absolute atomic E-state index is 12.6. The van der Waals surface area contributed by atoms with Crippen molar-refractivity contribution >= 4 is 61.6 Å². The molecular weight excluding hydrogens is 510 g/mol. The van der Waals surface area contributed by atoms with Gasteiger partial charge in [-0.3, -0.25) is 9.52 Å². The average molecular weight is 522 g/mol. The van der Waals surface area contributed by atoms with E-state index < -0.39 is 27.6 Å². The standard InChI is InChI=1S/C19H12ClN5O5S3/c1-10-12(20)8-5-9-13(10)33(28,29)25-18-21-16(24-31-18)14(26)17(27)30-19-22-15(23-32-19)11-6-3-2-4-7-11/h2-9H,1H3,(H,21,24,25). The van der Waals surface area contributed by atoms with Crippen LogP contribution in [0.15, 0.2) is 53.4 Å². The predicted molar refractivity (Wildman–Crippen MR) is 122 cm³/mol. The van der Waals surface area contributed by atoms with Gasteiger partial charge >= 0.3 is 16.9 Å². The number of nitrogens with zero attached hydrogens (tertiary/aromatic N) is 4. The maximum Gasteiger partial charge on any atom is 0.390 e. The van der Waals surface area contributed by atoms with E-state index in [0.29, 0.717) is 22.9 Å². The van der Waals surface area contributed by atoms with Gasteiger partial charge < -0.3 is 4.74 Å². The molecule has 0 aliphatic heterocycles. The van der Waals surface area contributed by atoms with Gasteiger partial charge in [-0.05, 0) is 24.6 Å². The van der Waals surface area contributed by atoms with Crippen molar-refractivity contribution in [3.63, 3.8) is 0 Å². The monoisotopic (exact) mass is 521 g/mol. The second kappa shape index (κ2) is 9.31. The van der Waals surface area contributed by atoms with Gasteiger partial charge in [0.2, 0.25) is 11.0 Å². The van der Waals surface area contributed by atoms with Gasteiger partial charge in [0.15, 0.2) is 5.82 Å². The van der Waals surface area contributed by atoms with E-state index in [1.807, 2.05) is 6.07 Å². The number of rotatable bonds is 7. The Kier molecular flexibility index (Phi) is 6.47. The summed E-state index contributed by atoms with van der Waals surface area (Å²) >= 11 is 7.38. The van der Waals surface area contributed by atoms with Crippen LogP contribution in [0.4, 0.5) is 5.13 Å². The molecule has 0 atom stereocenters. The van der Waals surface area contributed by atoms with Crippen LogP contribution in [0.25, 0.3) is 11.4 Å². The predicted octanol–water partition coefficient (Wildman–Crippen LogP) is 3.61. The van der Waals surface area contributed by atoms with Crippen molar-refractivity contribution in [2.75, 3.05) is 4.72 Å². The molecule has 0 bridgehead atoms. The van der Waals surface area contributed by atoms with E-state index in [1.165, 1.54) is 12.1 Å². The second-order valence-electron chi connectivity index (χ2n) is 6.36. The van der Waals surface area contributed by atoms with Gasteiger partial charge in [-0.15, -0.1) is 0 Å². The molecule has 1 N–H and O–H groups in total. The fraction of sp³-hybridized carbons (Fsp3) is 0.0526. The summed E-state index contributed by atoms with van der Waals surface area (Å²) in [6, 6.07) is 13.4. The molecule has 14 heteroatoms. The SMILES string of the molecule is Cc1c(Cl)cccc1S(=O)(=O)Nc1nc(C(=O)C(=O)Oc2nc(-c3ccccc3)ns2)ns1. The fourth-order valence-electron chi connectivity index (χ4n) is 2.58. The van der Waals surface area contributed by atoms with E-state index >= 15 is 0 Å². The molecule has 168 valence electrons. The maximum atomic E-state index is 12.6. The molecular formula is C19H12ClN5O5S3. The third-order valence-electron chi connectivity index (χ3n) is 4.16. The van der Waals surface area contributed by atoms with Crippen molar-refractivity contribution in [1.82, 2.24) is 18.7 Å². The number of hydrogen-bond acceptors (Lipinski definition) is 11. The zero-order chi connectivity index (χ0) is 23.6. The van der Waals surface area contributed by atoms with Crippen LogP contribution in [0.1, 0.15) is 16.2 Å². The molecule has 0 unspecified atom stereocenters. The minimum absolute atomic E-state index is 0.0528. The summed E-state index contributed by atoms with van der Waals surface area (Å²) in [5.41, 5.74) is 1.07. The van der Waals surface area contributed by atoms with Crippen molar-refractivity contribution in [2.45, 2.75) is 11.8 Å². The fourth-order valence-corrected chi connectivity index (χ4v) is 5.42. The Morgan fingerprint density at radius 3 is 2.52 bits per heavy atom. The number of benzene rings is 2. The molecule has 0 aliphatic rings. The minimum atomic E-state index is -4.04. The molecule has 2 aromatic carbocycles. The molecule has 4 aromatic rings. The Hall–Kier alpha value is -3.26. The molecule has 10 nitrogen and oxygen atoms in total. The first-order valence-corrected chi connectivity index (χ1v) is 12.4. The van der Waals surface area contributed by atoms with Gasteiger partial charge in [-0.1, -0.05) is 48.0 Å². The summed E-state index contributed by atoms with van der Waals surface area (Å²) in [5.74, 6) is -2.61. The van der Waals surface area contributed by atoms with Crippen molar-refractivity contribution in [3.8, 4) is 16.6 Å². The number of hydrogen-bond donors (Lipinski definition) is 1. The number of nitrogens with one attached hydrogen (secondary N) is 1. The summed E-state index contributed by atoms with van der Waals surface area (Å²) in [6.07, 6.45) is 0. The number of esters is 1. The highest BCUT2D eigenvalue weighted by atomic mass is 35.5. The van der Waals surface area contributed by atoms with E-state index in [0.717, 1.165) is 17.1 Å². The number of Topliss-reactive ketones (excluding diaryl/α,β-unsaturated/α-hetero) is 1. The van der Waals surface area contributed by atoms with Crippen molar-refractivity contribution in [2.24, 2.45) is 0 Å². The number of sulfonamides is 1. The molecule has 0 amide bonds. The van der Waals surface area contributed by atoms with E-state index in [4.69, 9.17) is 16.3 Å². The van der Waals surface area contributed by atoms with E-state index in [1.54, 1.807) is 37.3 Å². The molecule has 2 heterocycles. The minimum Gasteiger partial charge on any atom is -0.390 e. The Morgan fingerprint density at radius 2 is 1.76 bits per heavy atom. The molecule has 4 rings (SSSR count). The van der Waals surface area contributed by atoms with Crippen LogP contribution in [-0.4, -0.2) is 38.9 Å². The van der Waals surface area contributed by atoms with Crippen LogP contribution in [-0.2, 0) is 14.8 Å². The first-order chi connectivity index (χ1) is 15.7. The van der Waals surface area contributed by atoms with Crippen LogP contribution >= 0.6 is 34.7 Å². The topological polar surface area (TPSA) is 141 Å². The highest BCUT2D eigenvalue weighted by molar-refractivity contribution is 7.93. The van der Waals surface area contributed by atoms with E-state index in [2.05, 4.69) is 23.4 Å². The lowest BCUT2D eigenvalue weighted by atomic mass is 10.2. The number of carbonyl (C=O) groups is 2. The lowest BCUT2D eigenvalue weighted by molar-refractivity contribution is -0.129. The second-order valence-corrected chi connectivity index (χ2v) is 9.88. The summed E-state index contributed by atoms with van der Waals surface area (Å²) < 4.78 is 40.3. The molecule has 0 saturated heterocycles. The lowest BCUT2D eigenvalue weighted by Gasteiger charge is -2.08. The summed E-state index contributed by atoms with van der Waals surface area (Å²) in [4.78, 5) is 32.3. The van der Waals surface area contributed by atoms with E-state index in [-0.39, 0.29) is 20.2 Å². The molecule has 0 fully saturated rings. The van der Waals surface area contributed by atoms with E-state index in [9.17, 15) is 18.0 Å². The van der Waals surface area contributed by atoms with Crippen LogP contribution in [0.2, 0.25) is 5.02 Å². The van der Waals surface area contributed by atoms with Crippen molar-refractivity contribution in [3.05, 3.63) is 64.9 Å². The number of halogens is 1. The third-order valence-corrected chi connectivity index (χ3v) is 7.41. The first kappa shape index (κ1) is 22.9. The Balaban J connectivity index is 1.45. The van der Waals surface area contributed by atoms with Crippen LogP contribution < -0.4 is 9.46 Å². The Morgan fingerprint density at radius 1 is 1.00 bits per heavy atom.